The van der Waals surface area contributed by atoms with Crippen molar-refractivity contribution in [3.05, 3.63) is 84.2 Å². The van der Waals surface area contributed by atoms with Gasteiger partial charge in [-0.1, -0.05) is 12.1 Å². The number of nitrogens with zero attached hydrogens (tertiary/aromatic N) is 1. The van der Waals surface area contributed by atoms with Crippen molar-refractivity contribution in [1.82, 2.24) is 9.71 Å². The molecule has 1 fully saturated rings. The van der Waals surface area contributed by atoms with Crippen LogP contribution >= 0.6 is 0 Å². The number of anilines is 1. The van der Waals surface area contributed by atoms with Crippen molar-refractivity contribution in [2.24, 2.45) is 5.92 Å². The maximum atomic E-state index is 12.5. The molecule has 7 nitrogen and oxygen atoms in total. The van der Waals surface area contributed by atoms with E-state index in [0.29, 0.717) is 5.69 Å². The predicted molar refractivity (Wildman–Crippen MR) is 112 cm³/mol. The third kappa shape index (κ3) is 4.67. The Balaban J connectivity index is 1.34. The molecule has 2 atom stereocenters. The largest absolute Gasteiger partial charge is 0.508 e. The highest BCUT2D eigenvalue weighted by Gasteiger charge is 2.43. The van der Waals surface area contributed by atoms with Gasteiger partial charge in [0, 0.05) is 30.5 Å². The van der Waals surface area contributed by atoms with Gasteiger partial charge in [0.1, 0.15) is 5.75 Å². The number of amides is 1. The zero-order chi connectivity index (χ0) is 21.1. The van der Waals surface area contributed by atoms with E-state index in [9.17, 15) is 18.3 Å². The molecule has 1 saturated carbocycles. The number of aromatic nitrogens is 1. The molecule has 0 spiro atoms. The van der Waals surface area contributed by atoms with E-state index in [-0.39, 0.29) is 34.9 Å². The molecule has 154 valence electrons. The lowest BCUT2D eigenvalue weighted by Gasteiger charge is -2.09. The molecule has 3 aromatic rings. The predicted octanol–water partition coefficient (Wildman–Crippen LogP) is 3.01. The molecule has 1 amide bonds. The lowest BCUT2D eigenvalue weighted by Crippen LogP contribution is -2.23. The lowest BCUT2D eigenvalue weighted by atomic mass is 10.1. The molecule has 8 heteroatoms. The summed E-state index contributed by atoms with van der Waals surface area (Å²) in [6.45, 7) is 0.110. The number of hydrogen-bond donors (Lipinski definition) is 3. The summed E-state index contributed by atoms with van der Waals surface area (Å²) in [6.07, 6.45) is 4.23. The highest BCUT2D eigenvalue weighted by atomic mass is 32.2. The van der Waals surface area contributed by atoms with E-state index in [1.54, 1.807) is 36.7 Å². The number of carbonyl (C=O) groups is 1. The van der Waals surface area contributed by atoms with Gasteiger partial charge in [0.15, 0.2) is 0 Å². The zero-order valence-electron chi connectivity index (χ0n) is 16.0. The van der Waals surface area contributed by atoms with Crippen LogP contribution in [0.4, 0.5) is 5.69 Å². The van der Waals surface area contributed by atoms with Gasteiger partial charge in [-0.05, 0) is 72.0 Å². The fourth-order valence-electron chi connectivity index (χ4n) is 3.29. The molecule has 1 aromatic heterocycles. The topological polar surface area (TPSA) is 108 Å². The van der Waals surface area contributed by atoms with E-state index in [0.717, 1.165) is 17.5 Å². The molecule has 4 rings (SSSR count). The van der Waals surface area contributed by atoms with Crippen molar-refractivity contribution < 1.29 is 18.3 Å². The van der Waals surface area contributed by atoms with Crippen LogP contribution in [0.1, 0.15) is 23.5 Å². The van der Waals surface area contributed by atoms with Gasteiger partial charge >= 0.3 is 0 Å². The molecule has 2 aromatic carbocycles. The number of aromatic hydroxyl groups is 1. The molecule has 1 aliphatic carbocycles. The Labute approximate surface area is 174 Å². The first-order valence-electron chi connectivity index (χ1n) is 9.51. The highest BCUT2D eigenvalue weighted by molar-refractivity contribution is 7.89. The van der Waals surface area contributed by atoms with E-state index in [4.69, 9.17) is 0 Å². The number of carbonyl (C=O) groups excluding carboxylic acids is 1. The van der Waals surface area contributed by atoms with Crippen LogP contribution in [-0.4, -0.2) is 24.4 Å². The quantitative estimate of drug-likeness (QED) is 0.541. The number of pyridine rings is 1. The van der Waals surface area contributed by atoms with Gasteiger partial charge in [0.05, 0.1) is 4.90 Å². The molecule has 2 unspecified atom stereocenters. The third-order valence-electron chi connectivity index (χ3n) is 5.10. The fraction of sp³-hybridized carbons (Fsp3) is 0.182. The SMILES string of the molecule is O=C(Nc1ccc(S(=O)(=O)NCc2ccc(O)cc2)cc1)C1CC1c1ccncc1. The Morgan fingerprint density at radius 2 is 1.67 bits per heavy atom. The second kappa shape index (κ2) is 8.25. The Hall–Kier alpha value is -3.23. The van der Waals surface area contributed by atoms with E-state index >= 15 is 0 Å². The molecule has 3 N–H and O–H groups in total. The summed E-state index contributed by atoms with van der Waals surface area (Å²) >= 11 is 0. The number of rotatable bonds is 7. The average Bonchev–Trinajstić information content (AvgIpc) is 3.56. The van der Waals surface area contributed by atoms with Crippen LogP contribution in [0.15, 0.2) is 78.0 Å². The van der Waals surface area contributed by atoms with Crippen molar-refractivity contribution in [2.75, 3.05) is 5.32 Å². The average molecular weight is 423 g/mol. The minimum absolute atomic E-state index is 0.0714. The molecule has 1 aliphatic rings. The maximum Gasteiger partial charge on any atom is 0.240 e. The van der Waals surface area contributed by atoms with Crippen LogP contribution in [0.3, 0.4) is 0 Å². The van der Waals surface area contributed by atoms with Gasteiger partial charge < -0.3 is 10.4 Å². The number of nitrogens with one attached hydrogen (secondary N) is 2. The number of phenolic OH excluding ortho intramolecular Hbond substituents is 1. The molecule has 1 heterocycles. The Morgan fingerprint density at radius 3 is 2.33 bits per heavy atom. The first-order chi connectivity index (χ1) is 14.4. The van der Waals surface area contributed by atoms with Gasteiger partial charge in [-0.2, -0.15) is 0 Å². The maximum absolute atomic E-state index is 12.5. The minimum Gasteiger partial charge on any atom is -0.508 e. The van der Waals surface area contributed by atoms with Crippen molar-refractivity contribution >= 4 is 21.6 Å². The summed E-state index contributed by atoms with van der Waals surface area (Å²) in [4.78, 5) is 16.6. The third-order valence-corrected chi connectivity index (χ3v) is 6.51. The van der Waals surface area contributed by atoms with Crippen LogP contribution in [0, 0.1) is 5.92 Å². The fourth-order valence-corrected chi connectivity index (χ4v) is 4.31. The standard InChI is InChI=1S/C22H21N3O4S/c26-18-5-1-15(2-6-18)14-24-30(28,29)19-7-3-17(4-8-19)25-22(27)21-13-20(21)16-9-11-23-12-10-16/h1-12,20-21,24,26H,13-14H2,(H,25,27). The van der Waals surface area contributed by atoms with E-state index in [1.165, 1.54) is 24.3 Å². The molecule has 30 heavy (non-hydrogen) atoms. The lowest BCUT2D eigenvalue weighted by molar-refractivity contribution is -0.117. The first-order valence-corrected chi connectivity index (χ1v) is 11.0. The van der Waals surface area contributed by atoms with Crippen molar-refractivity contribution in [3.8, 4) is 5.75 Å². The van der Waals surface area contributed by atoms with Gasteiger partial charge in [0.25, 0.3) is 0 Å². The Bertz CT molecular complexity index is 1130. The van der Waals surface area contributed by atoms with Gasteiger partial charge in [-0.25, -0.2) is 13.1 Å². The normalized spacial score (nSPS) is 18.0. The smallest absolute Gasteiger partial charge is 0.240 e. The summed E-state index contributed by atoms with van der Waals surface area (Å²) in [6, 6.07) is 16.2. The van der Waals surface area contributed by atoms with E-state index in [1.807, 2.05) is 12.1 Å². The number of sulfonamides is 1. The number of phenols is 1. The van der Waals surface area contributed by atoms with E-state index in [2.05, 4.69) is 15.0 Å². The van der Waals surface area contributed by atoms with Gasteiger partial charge in [0.2, 0.25) is 15.9 Å². The Morgan fingerprint density at radius 1 is 1.00 bits per heavy atom. The summed E-state index contributed by atoms with van der Waals surface area (Å²) in [5.74, 6) is 0.176. The molecule has 0 bridgehead atoms. The highest BCUT2D eigenvalue weighted by Crippen LogP contribution is 2.47. The second-order valence-corrected chi connectivity index (χ2v) is 9.00. The molecular weight excluding hydrogens is 402 g/mol. The Kier molecular flexibility index (Phi) is 5.52. The van der Waals surface area contributed by atoms with E-state index < -0.39 is 10.0 Å². The van der Waals surface area contributed by atoms with Crippen molar-refractivity contribution in [2.45, 2.75) is 23.8 Å². The van der Waals surface area contributed by atoms with Crippen LogP contribution in [0.5, 0.6) is 5.75 Å². The van der Waals surface area contributed by atoms with Gasteiger partial charge in [-0.3, -0.25) is 9.78 Å². The van der Waals surface area contributed by atoms with Crippen molar-refractivity contribution in [1.29, 1.82) is 0 Å². The first kappa shape index (κ1) is 20.1. The number of benzene rings is 2. The summed E-state index contributed by atoms with van der Waals surface area (Å²) in [7, 11) is -3.69. The van der Waals surface area contributed by atoms with Crippen LogP contribution < -0.4 is 10.0 Å². The van der Waals surface area contributed by atoms with Gasteiger partial charge in [-0.15, -0.1) is 0 Å². The monoisotopic (exact) mass is 423 g/mol. The van der Waals surface area contributed by atoms with Crippen LogP contribution in [0.25, 0.3) is 0 Å². The molecule has 0 saturated heterocycles. The molecule has 0 radical (unpaired) electrons. The molecular formula is C22H21N3O4S. The summed E-state index contributed by atoms with van der Waals surface area (Å²) in [5, 5.41) is 12.1. The minimum atomic E-state index is -3.69. The number of hydrogen-bond acceptors (Lipinski definition) is 5. The zero-order valence-corrected chi connectivity index (χ0v) is 16.8. The summed E-state index contributed by atoms with van der Waals surface area (Å²) < 4.78 is 27.5. The van der Waals surface area contributed by atoms with Crippen LogP contribution in [0.2, 0.25) is 0 Å². The molecule has 0 aliphatic heterocycles. The van der Waals surface area contributed by atoms with Crippen molar-refractivity contribution in [3.63, 3.8) is 0 Å². The second-order valence-electron chi connectivity index (χ2n) is 7.23. The van der Waals surface area contributed by atoms with Crippen LogP contribution in [-0.2, 0) is 21.4 Å². The summed E-state index contributed by atoms with van der Waals surface area (Å²) in [5.41, 5.74) is 2.39.